The number of rotatable bonds is 5. The molecule has 5 heteroatoms. The van der Waals surface area contributed by atoms with Crippen LogP contribution in [0.5, 0.6) is 11.5 Å². The van der Waals surface area contributed by atoms with Gasteiger partial charge < -0.3 is 10.1 Å². The monoisotopic (exact) mass is 393 g/mol. The molecule has 0 aliphatic rings. The standard InChI is InChI=1S/C25H19N3O2/c1-16-11-19(15-29)12-17(2)25(16)30-23-13-24(28-22-6-4-3-5-21(22)23)27-20-9-7-18(14-26)8-10-20/h3-13,15H,1-2H3,(H,27,28). The van der Waals surface area contributed by atoms with Gasteiger partial charge in [-0.1, -0.05) is 12.1 Å². The van der Waals surface area contributed by atoms with Gasteiger partial charge in [-0.15, -0.1) is 0 Å². The molecule has 0 saturated carbocycles. The van der Waals surface area contributed by atoms with Gasteiger partial charge in [-0.3, -0.25) is 4.79 Å². The number of hydrogen-bond acceptors (Lipinski definition) is 5. The number of benzene rings is 3. The number of aryl methyl sites for hydroxylation is 2. The molecule has 0 fully saturated rings. The van der Waals surface area contributed by atoms with Crippen molar-refractivity contribution in [3.05, 3.63) is 89.0 Å². The summed E-state index contributed by atoms with van der Waals surface area (Å²) in [6, 6.07) is 22.5. The number of nitrogens with zero attached hydrogens (tertiary/aromatic N) is 2. The quantitative estimate of drug-likeness (QED) is 0.416. The van der Waals surface area contributed by atoms with E-state index in [9.17, 15) is 4.79 Å². The van der Waals surface area contributed by atoms with Crippen molar-refractivity contribution in [2.75, 3.05) is 5.32 Å². The van der Waals surface area contributed by atoms with E-state index >= 15 is 0 Å². The predicted octanol–water partition coefficient (Wildman–Crippen LogP) is 6.07. The van der Waals surface area contributed by atoms with Crippen molar-refractivity contribution in [1.29, 1.82) is 5.26 Å². The van der Waals surface area contributed by atoms with Gasteiger partial charge in [0.2, 0.25) is 0 Å². The molecule has 0 bridgehead atoms. The van der Waals surface area contributed by atoms with E-state index in [-0.39, 0.29) is 0 Å². The summed E-state index contributed by atoms with van der Waals surface area (Å²) in [6.07, 6.45) is 0.839. The Morgan fingerprint density at radius 1 is 1.00 bits per heavy atom. The molecule has 0 unspecified atom stereocenters. The minimum Gasteiger partial charge on any atom is -0.456 e. The lowest BCUT2D eigenvalue weighted by Gasteiger charge is -2.16. The molecule has 1 heterocycles. The van der Waals surface area contributed by atoms with Crippen molar-refractivity contribution in [1.82, 2.24) is 4.98 Å². The molecule has 0 amide bonds. The summed E-state index contributed by atoms with van der Waals surface area (Å²) < 4.78 is 6.33. The van der Waals surface area contributed by atoms with E-state index in [1.807, 2.05) is 68.4 Å². The van der Waals surface area contributed by atoms with Gasteiger partial charge in [0.1, 0.15) is 23.6 Å². The van der Waals surface area contributed by atoms with Crippen LogP contribution >= 0.6 is 0 Å². The number of aldehydes is 1. The van der Waals surface area contributed by atoms with Crippen LogP contribution in [0.25, 0.3) is 10.9 Å². The number of carbonyl (C=O) groups excluding carboxylic acids is 1. The second-order valence-electron chi connectivity index (χ2n) is 7.04. The first-order chi connectivity index (χ1) is 14.6. The van der Waals surface area contributed by atoms with E-state index in [1.54, 1.807) is 12.1 Å². The zero-order chi connectivity index (χ0) is 21.1. The smallest absolute Gasteiger partial charge is 0.150 e. The second-order valence-corrected chi connectivity index (χ2v) is 7.04. The maximum atomic E-state index is 11.1. The molecule has 3 aromatic carbocycles. The molecule has 5 nitrogen and oxygen atoms in total. The minimum atomic E-state index is 0.598. The van der Waals surface area contributed by atoms with Gasteiger partial charge in [0.15, 0.2) is 0 Å². The Kier molecular flexibility index (Phi) is 5.15. The molecule has 30 heavy (non-hydrogen) atoms. The van der Waals surface area contributed by atoms with Crippen LogP contribution in [0.3, 0.4) is 0 Å². The Bertz CT molecular complexity index is 1270. The Balaban J connectivity index is 1.75. The fourth-order valence-electron chi connectivity index (χ4n) is 3.39. The number of aromatic nitrogens is 1. The zero-order valence-electron chi connectivity index (χ0n) is 16.6. The number of pyridine rings is 1. The highest BCUT2D eigenvalue weighted by molar-refractivity contribution is 5.88. The molecular formula is C25H19N3O2. The molecule has 0 aliphatic heterocycles. The summed E-state index contributed by atoms with van der Waals surface area (Å²) >= 11 is 0. The van der Waals surface area contributed by atoms with Crippen LogP contribution in [0, 0.1) is 25.2 Å². The first-order valence-corrected chi connectivity index (χ1v) is 9.48. The van der Waals surface area contributed by atoms with Crippen LogP contribution < -0.4 is 10.1 Å². The van der Waals surface area contributed by atoms with Gasteiger partial charge in [0.05, 0.1) is 17.1 Å². The van der Waals surface area contributed by atoms with Crippen molar-refractivity contribution in [2.45, 2.75) is 13.8 Å². The number of nitrogens with one attached hydrogen (secondary N) is 1. The predicted molar refractivity (Wildman–Crippen MR) is 118 cm³/mol. The molecule has 1 aromatic heterocycles. The number of fused-ring (bicyclic) bond motifs is 1. The van der Waals surface area contributed by atoms with E-state index in [2.05, 4.69) is 16.4 Å². The Labute approximate surface area is 174 Å². The van der Waals surface area contributed by atoms with E-state index < -0.39 is 0 Å². The van der Waals surface area contributed by atoms with Crippen LogP contribution in [0.4, 0.5) is 11.5 Å². The molecule has 0 aliphatic carbocycles. The molecule has 1 N–H and O–H groups in total. The first-order valence-electron chi connectivity index (χ1n) is 9.48. The van der Waals surface area contributed by atoms with Gasteiger partial charge in [0.25, 0.3) is 0 Å². The first kappa shape index (κ1) is 19.2. The summed E-state index contributed by atoms with van der Waals surface area (Å²) in [4.78, 5) is 15.8. The molecule has 4 aromatic rings. The fraction of sp³-hybridized carbons (Fsp3) is 0.0800. The average Bonchev–Trinajstić information content (AvgIpc) is 2.76. The van der Waals surface area contributed by atoms with Crippen molar-refractivity contribution in [2.24, 2.45) is 0 Å². The summed E-state index contributed by atoms with van der Waals surface area (Å²) in [5.41, 5.74) is 4.62. The number of carbonyl (C=O) groups is 1. The zero-order valence-corrected chi connectivity index (χ0v) is 16.6. The highest BCUT2D eigenvalue weighted by atomic mass is 16.5. The maximum Gasteiger partial charge on any atom is 0.150 e. The second kappa shape index (κ2) is 8.06. The van der Waals surface area contributed by atoms with Gasteiger partial charge in [-0.25, -0.2) is 4.98 Å². The normalized spacial score (nSPS) is 10.4. The van der Waals surface area contributed by atoms with E-state index in [4.69, 9.17) is 10.00 Å². The molecular weight excluding hydrogens is 374 g/mol. The number of ether oxygens (including phenoxy) is 1. The van der Waals surface area contributed by atoms with Crippen molar-refractivity contribution < 1.29 is 9.53 Å². The third-order valence-electron chi connectivity index (χ3n) is 4.80. The van der Waals surface area contributed by atoms with Crippen LogP contribution in [-0.4, -0.2) is 11.3 Å². The van der Waals surface area contributed by atoms with Crippen molar-refractivity contribution in [3.63, 3.8) is 0 Å². The summed E-state index contributed by atoms with van der Waals surface area (Å²) in [7, 11) is 0. The third-order valence-corrected chi connectivity index (χ3v) is 4.80. The molecule has 146 valence electrons. The molecule has 0 radical (unpaired) electrons. The fourth-order valence-corrected chi connectivity index (χ4v) is 3.39. The number of para-hydroxylation sites is 1. The summed E-state index contributed by atoms with van der Waals surface area (Å²) in [5.74, 6) is 2.02. The van der Waals surface area contributed by atoms with Crippen molar-refractivity contribution in [3.8, 4) is 17.6 Å². The average molecular weight is 393 g/mol. The summed E-state index contributed by atoms with van der Waals surface area (Å²) in [5, 5.41) is 13.1. The lowest BCUT2D eigenvalue weighted by molar-refractivity contribution is 0.112. The lowest BCUT2D eigenvalue weighted by Crippen LogP contribution is -1.98. The Morgan fingerprint density at radius 2 is 1.70 bits per heavy atom. The topological polar surface area (TPSA) is 75.0 Å². The van der Waals surface area contributed by atoms with Gasteiger partial charge in [-0.2, -0.15) is 5.26 Å². The summed E-state index contributed by atoms with van der Waals surface area (Å²) in [6.45, 7) is 3.85. The highest BCUT2D eigenvalue weighted by Gasteiger charge is 2.12. The van der Waals surface area contributed by atoms with E-state index in [1.165, 1.54) is 0 Å². The Hall–Kier alpha value is -4.17. The number of hydrogen-bond donors (Lipinski definition) is 1. The van der Waals surface area contributed by atoms with E-state index in [0.717, 1.165) is 39.8 Å². The van der Waals surface area contributed by atoms with Crippen LogP contribution in [-0.2, 0) is 0 Å². The SMILES string of the molecule is Cc1cc(C=O)cc(C)c1Oc1cc(Nc2ccc(C#N)cc2)nc2ccccc12. The third kappa shape index (κ3) is 3.85. The van der Waals surface area contributed by atoms with Crippen LogP contribution in [0.1, 0.15) is 27.0 Å². The molecule has 0 saturated heterocycles. The maximum absolute atomic E-state index is 11.1. The largest absolute Gasteiger partial charge is 0.456 e. The van der Waals surface area contributed by atoms with E-state index in [0.29, 0.717) is 22.7 Å². The van der Waals surface area contributed by atoms with Crippen LogP contribution in [0.15, 0.2) is 66.7 Å². The van der Waals surface area contributed by atoms with Gasteiger partial charge in [-0.05, 0) is 73.5 Å². The van der Waals surface area contributed by atoms with Crippen molar-refractivity contribution >= 4 is 28.7 Å². The molecule has 0 atom stereocenters. The highest BCUT2D eigenvalue weighted by Crippen LogP contribution is 2.35. The Morgan fingerprint density at radius 3 is 2.37 bits per heavy atom. The number of nitriles is 1. The van der Waals surface area contributed by atoms with Gasteiger partial charge >= 0.3 is 0 Å². The lowest BCUT2D eigenvalue weighted by atomic mass is 10.1. The number of anilines is 2. The van der Waals surface area contributed by atoms with Gasteiger partial charge in [0, 0.05) is 22.7 Å². The van der Waals surface area contributed by atoms with Crippen LogP contribution in [0.2, 0.25) is 0 Å². The minimum absolute atomic E-state index is 0.598. The molecule has 0 spiro atoms. The molecule has 4 rings (SSSR count).